The zero-order chi connectivity index (χ0) is 13.2. The minimum atomic E-state index is -3.04. The SMILES string of the molecule is CS(=O)(=O)C1CSCCN1Cc1ccc(Br)cn1. The number of thioether (sulfide) groups is 1. The number of nitrogens with zero attached hydrogens (tertiary/aromatic N) is 2. The van der Waals surface area contributed by atoms with E-state index in [0.717, 1.165) is 22.5 Å². The maximum atomic E-state index is 11.8. The Morgan fingerprint density at radius 2 is 2.33 bits per heavy atom. The van der Waals surface area contributed by atoms with Crippen molar-refractivity contribution < 1.29 is 8.42 Å². The normalized spacial score (nSPS) is 22.0. The molecule has 0 aliphatic carbocycles. The minimum absolute atomic E-state index is 0.387. The van der Waals surface area contributed by atoms with Crippen LogP contribution in [0.15, 0.2) is 22.8 Å². The van der Waals surface area contributed by atoms with Crippen molar-refractivity contribution in [2.75, 3.05) is 24.3 Å². The Morgan fingerprint density at radius 3 is 2.94 bits per heavy atom. The van der Waals surface area contributed by atoms with E-state index in [1.807, 2.05) is 17.0 Å². The molecule has 1 aromatic heterocycles. The van der Waals surface area contributed by atoms with Crippen LogP contribution in [0.4, 0.5) is 0 Å². The van der Waals surface area contributed by atoms with Crippen molar-refractivity contribution in [2.24, 2.45) is 0 Å². The van der Waals surface area contributed by atoms with Crippen molar-refractivity contribution in [1.29, 1.82) is 0 Å². The van der Waals surface area contributed by atoms with Crippen LogP contribution in [0.5, 0.6) is 0 Å². The van der Waals surface area contributed by atoms with E-state index in [0.29, 0.717) is 12.3 Å². The van der Waals surface area contributed by atoms with E-state index in [1.54, 1.807) is 18.0 Å². The van der Waals surface area contributed by atoms with Gasteiger partial charge < -0.3 is 0 Å². The van der Waals surface area contributed by atoms with Gasteiger partial charge in [-0.3, -0.25) is 9.88 Å². The average Bonchev–Trinajstić information content (AvgIpc) is 2.31. The Labute approximate surface area is 120 Å². The van der Waals surface area contributed by atoms with Crippen LogP contribution in [0.2, 0.25) is 0 Å². The molecular formula is C11H15BrN2O2S2. The Morgan fingerprint density at radius 1 is 1.56 bits per heavy atom. The number of hydrogen-bond acceptors (Lipinski definition) is 5. The highest BCUT2D eigenvalue weighted by molar-refractivity contribution is 9.10. The summed E-state index contributed by atoms with van der Waals surface area (Å²) in [4.78, 5) is 6.30. The highest BCUT2D eigenvalue weighted by atomic mass is 79.9. The van der Waals surface area contributed by atoms with Gasteiger partial charge in [-0.1, -0.05) is 0 Å². The fraction of sp³-hybridized carbons (Fsp3) is 0.545. The maximum Gasteiger partial charge on any atom is 0.164 e. The quantitative estimate of drug-likeness (QED) is 0.831. The molecule has 18 heavy (non-hydrogen) atoms. The summed E-state index contributed by atoms with van der Waals surface area (Å²) in [5.74, 6) is 1.62. The first kappa shape index (κ1) is 14.3. The molecule has 1 aromatic rings. The van der Waals surface area contributed by atoms with Gasteiger partial charge in [0.05, 0.1) is 5.69 Å². The highest BCUT2D eigenvalue weighted by Gasteiger charge is 2.30. The van der Waals surface area contributed by atoms with Crippen LogP contribution in [-0.4, -0.2) is 48.0 Å². The number of aromatic nitrogens is 1. The molecule has 0 radical (unpaired) electrons. The van der Waals surface area contributed by atoms with Crippen molar-refractivity contribution in [3.63, 3.8) is 0 Å². The predicted octanol–water partition coefficient (Wildman–Crippen LogP) is 1.76. The van der Waals surface area contributed by atoms with Gasteiger partial charge in [0.25, 0.3) is 0 Å². The summed E-state index contributed by atoms with van der Waals surface area (Å²) in [5.41, 5.74) is 0.902. The molecule has 1 aliphatic heterocycles. The van der Waals surface area contributed by atoms with E-state index in [4.69, 9.17) is 0 Å². The van der Waals surface area contributed by atoms with E-state index in [9.17, 15) is 8.42 Å². The van der Waals surface area contributed by atoms with E-state index < -0.39 is 9.84 Å². The van der Waals surface area contributed by atoms with Crippen LogP contribution in [-0.2, 0) is 16.4 Å². The van der Waals surface area contributed by atoms with Crippen molar-refractivity contribution in [2.45, 2.75) is 11.9 Å². The van der Waals surface area contributed by atoms with Gasteiger partial charge in [0.15, 0.2) is 9.84 Å². The second-order valence-corrected chi connectivity index (χ2v) is 8.57. The summed E-state index contributed by atoms with van der Waals surface area (Å²) < 4.78 is 24.4. The smallest absolute Gasteiger partial charge is 0.164 e. The topological polar surface area (TPSA) is 50.3 Å². The number of sulfone groups is 1. The molecule has 0 saturated carbocycles. The van der Waals surface area contributed by atoms with Crippen LogP contribution in [0.3, 0.4) is 0 Å². The van der Waals surface area contributed by atoms with Crippen LogP contribution in [0, 0.1) is 0 Å². The molecule has 0 aromatic carbocycles. The summed E-state index contributed by atoms with van der Waals surface area (Å²) >= 11 is 5.04. The van der Waals surface area contributed by atoms with Crippen LogP contribution >= 0.6 is 27.7 Å². The minimum Gasteiger partial charge on any atom is -0.280 e. The van der Waals surface area contributed by atoms with E-state index >= 15 is 0 Å². The van der Waals surface area contributed by atoms with Gasteiger partial charge in [-0.15, -0.1) is 0 Å². The van der Waals surface area contributed by atoms with Gasteiger partial charge >= 0.3 is 0 Å². The zero-order valence-corrected chi connectivity index (χ0v) is 13.3. The molecule has 4 nitrogen and oxygen atoms in total. The summed E-state index contributed by atoms with van der Waals surface area (Å²) in [7, 11) is -3.04. The summed E-state index contributed by atoms with van der Waals surface area (Å²) in [6, 6.07) is 3.85. The van der Waals surface area contributed by atoms with E-state index in [2.05, 4.69) is 20.9 Å². The van der Waals surface area contributed by atoms with Crippen molar-refractivity contribution in [1.82, 2.24) is 9.88 Å². The van der Waals surface area contributed by atoms with Gasteiger partial charge in [0.1, 0.15) is 5.37 Å². The lowest BCUT2D eigenvalue weighted by Gasteiger charge is -2.33. The number of rotatable bonds is 3. The first-order valence-electron chi connectivity index (χ1n) is 5.58. The van der Waals surface area contributed by atoms with Gasteiger partial charge in [-0.2, -0.15) is 11.8 Å². The largest absolute Gasteiger partial charge is 0.280 e. The van der Waals surface area contributed by atoms with Crippen LogP contribution in [0.25, 0.3) is 0 Å². The van der Waals surface area contributed by atoms with Gasteiger partial charge in [-0.25, -0.2) is 8.42 Å². The molecule has 1 aliphatic rings. The monoisotopic (exact) mass is 350 g/mol. The lowest BCUT2D eigenvalue weighted by atomic mass is 10.3. The second kappa shape index (κ2) is 5.90. The number of halogens is 1. The third-order valence-corrected chi connectivity index (χ3v) is 5.99. The molecular weight excluding hydrogens is 336 g/mol. The standard InChI is InChI=1S/C11H15BrN2O2S2/c1-18(15,16)11-8-17-5-4-14(11)7-10-3-2-9(12)6-13-10/h2-3,6,11H,4-5,7-8H2,1H3. The van der Waals surface area contributed by atoms with Crippen molar-refractivity contribution >= 4 is 37.5 Å². The van der Waals surface area contributed by atoms with E-state index in [-0.39, 0.29) is 5.37 Å². The molecule has 0 N–H and O–H groups in total. The predicted molar refractivity (Wildman–Crippen MR) is 78.3 cm³/mol. The lowest BCUT2D eigenvalue weighted by Crippen LogP contribution is -2.46. The van der Waals surface area contributed by atoms with Crippen LogP contribution < -0.4 is 0 Å². The lowest BCUT2D eigenvalue weighted by molar-refractivity contribution is 0.259. The molecule has 2 heterocycles. The van der Waals surface area contributed by atoms with E-state index in [1.165, 1.54) is 6.26 Å². The summed E-state index contributed by atoms with van der Waals surface area (Å²) in [5, 5.41) is -0.387. The average molecular weight is 351 g/mol. The van der Waals surface area contributed by atoms with Gasteiger partial charge in [0.2, 0.25) is 0 Å². The first-order chi connectivity index (χ1) is 8.47. The van der Waals surface area contributed by atoms with Crippen LogP contribution in [0.1, 0.15) is 5.69 Å². The zero-order valence-electron chi connectivity index (χ0n) is 10.0. The Balaban J connectivity index is 2.13. The Kier molecular flexibility index (Phi) is 4.69. The van der Waals surface area contributed by atoms with Crippen molar-refractivity contribution in [3.05, 3.63) is 28.5 Å². The molecule has 1 atom stereocenters. The molecule has 7 heteroatoms. The molecule has 2 rings (SSSR count). The van der Waals surface area contributed by atoms with Crippen molar-refractivity contribution in [3.8, 4) is 0 Å². The Bertz CT molecular complexity index is 504. The third kappa shape index (κ3) is 3.69. The maximum absolute atomic E-state index is 11.8. The van der Waals surface area contributed by atoms with Gasteiger partial charge in [-0.05, 0) is 28.1 Å². The molecule has 0 spiro atoms. The molecule has 1 fully saturated rings. The molecule has 1 unspecified atom stereocenters. The summed E-state index contributed by atoms with van der Waals surface area (Å²) in [6.45, 7) is 1.38. The third-order valence-electron chi connectivity index (χ3n) is 2.84. The fourth-order valence-electron chi connectivity index (χ4n) is 1.90. The van der Waals surface area contributed by atoms with Gasteiger partial charge in [0, 0.05) is 41.5 Å². The molecule has 0 amide bonds. The number of hydrogen-bond donors (Lipinski definition) is 0. The molecule has 1 saturated heterocycles. The number of pyridine rings is 1. The summed E-state index contributed by atoms with van der Waals surface area (Å²) in [6.07, 6.45) is 3.05. The molecule has 0 bridgehead atoms. The molecule has 100 valence electrons. The second-order valence-electron chi connectivity index (χ2n) is 4.30. The first-order valence-corrected chi connectivity index (χ1v) is 9.48. The highest BCUT2D eigenvalue weighted by Crippen LogP contribution is 2.22. The Hall–Kier alpha value is -0.110. The fourth-order valence-corrected chi connectivity index (χ4v) is 5.07.